The van der Waals surface area contributed by atoms with E-state index in [0.29, 0.717) is 5.56 Å². The van der Waals surface area contributed by atoms with Crippen molar-refractivity contribution in [3.8, 4) is 0 Å². The van der Waals surface area contributed by atoms with Crippen LogP contribution in [0.5, 0.6) is 0 Å². The normalized spacial score (nSPS) is 14.0. The summed E-state index contributed by atoms with van der Waals surface area (Å²) in [5.74, 6) is 0.471. The first-order valence-electron chi connectivity index (χ1n) is 9.69. The van der Waals surface area contributed by atoms with Gasteiger partial charge >= 0.3 is 0 Å². The lowest BCUT2D eigenvalue weighted by Crippen LogP contribution is -2.46. The number of nitrogens with one attached hydrogen (secondary N) is 1. The highest BCUT2D eigenvalue weighted by molar-refractivity contribution is 6.04. The summed E-state index contributed by atoms with van der Waals surface area (Å²) in [6.45, 7) is 5.27. The Kier molecular flexibility index (Phi) is 5.42. The van der Waals surface area contributed by atoms with Gasteiger partial charge in [0.25, 0.3) is 5.91 Å². The Bertz CT molecular complexity index is 981. The average molecular weight is 390 g/mol. The van der Waals surface area contributed by atoms with E-state index < -0.39 is 0 Å². The maximum absolute atomic E-state index is 13.1. The van der Waals surface area contributed by atoms with Crippen molar-refractivity contribution in [3.63, 3.8) is 0 Å². The Labute approximate surface area is 169 Å². The minimum Gasteiger partial charge on any atom is -0.368 e. The number of amides is 1. The van der Waals surface area contributed by atoms with Gasteiger partial charge in [-0.1, -0.05) is 18.2 Å². The van der Waals surface area contributed by atoms with Gasteiger partial charge in [-0.05, 0) is 55.0 Å². The predicted octanol–water partition coefficient (Wildman–Crippen LogP) is 4.11. The Balaban J connectivity index is 1.36. The van der Waals surface area contributed by atoms with Crippen molar-refractivity contribution in [2.45, 2.75) is 6.92 Å². The number of rotatable bonds is 4. The van der Waals surface area contributed by atoms with Gasteiger partial charge in [0.2, 0.25) is 0 Å². The molecule has 1 aliphatic heterocycles. The van der Waals surface area contributed by atoms with Gasteiger partial charge in [-0.3, -0.25) is 4.79 Å². The third kappa shape index (κ3) is 4.37. The average Bonchev–Trinajstić information content (AvgIpc) is 2.76. The van der Waals surface area contributed by atoms with Gasteiger partial charge in [0.05, 0.1) is 5.56 Å². The molecule has 0 bridgehead atoms. The largest absolute Gasteiger partial charge is 0.368 e. The Hall–Kier alpha value is -3.41. The maximum atomic E-state index is 13.1. The molecule has 6 heteroatoms. The van der Waals surface area contributed by atoms with E-state index in [2.05, 4.69) is 20.1 Å². The van der Waals surface area contributed by atoms with Crippen molar-refractivity contribution in [2.24, 2.45) is 0 Å². The molecule has 0 aliphatic carbocycles. The summed E-state index contributed by atoms with van der Waals surface area (Å²) in [5.41, 5.74) is 3.38. The van der Waals surface area contributed by atoms with Gasteiger partial charge in [0.15, 0.2) is 0 Å². The number of halogens is 1. The molecule has 5 nitrogen and oxygen atoms in total. The van der Waals surface area contributed by atoms with Crippen LogP contribution >= 0.6 is 0 Å². The summed E-state index contributed by atoms with van der Waals surface area (Å²) in [6, 6.07) is 18.0. The van der Waals surface area contributed by atoms with E-state index in [1.807, 2.05) is 55.5 Å². The third-order valence-electron chi connectivity index (χ3n) is 5.20. The minimum atomic E-state index is -0.219. The van der Waals surface area contributed by atoms with Crippen molar-refractivity contribution in [2.75, 3.05) is 41.3 Å². The van der Waals surface area contributed by atoms with E-state index in [-0.39, 0.29) is 11.7 Å². The zero-order valence-electron chi connectivity index (χ0n) is 16.3. The Morgan fingerprint density at radius 3 is 2.28 bits per heavy atom. The van der Waals surface area contributed by atoms with E-state index in [4.69, 9.17) is 0 Å². The van der Waals surface area contributed by atoms with E-state index >= 15 is 0 Å². The van der Waals surface area contributed by atoms with Crippen LogP contribution in [0.25, 0.3) is 0 Å². The fraction of sp³-hybridized carbons (Fsp3) is 0.217. The van der Waals surface area contributed by atoms with Crippen molar-refractivity contribution in [3.05, 3.63) is 83.8 Å². The number of hydrogen-bond donors (Lipinski definition) is 1. The number of piperazine rings is 1. The summed E-state index contributed by atoms with van der Waals surface area (Å²) in [5, 5.41) is 2.93. The van der Waals surface area contributed by atoms with Crippen LogP contribution in [0.4, 0.5) is 21.6 Å². The Morgan fingerprint density at radius 1 is 0.931 bits per heavy atom. The van der Waals surface area contributed by atoms with E-state index in [1.54, 1.807) is 6.20 Å². The molecule has 0 radical (unpaired) electrons. The van der Waals surface area contributed by atoms with Crippen molar-refractivity contribution >= 4 is 23.1 Å². The summed E-state index contributed by atoms with van der Waals surface area (Å²) >= 11 is 0. The number of benzene rings is 2. The lowest BCUT2D eigenvalue weighted by Gasteiger charge is -2.36. The maximum Gasteiger partial charge on any atom is 0.257 e. The minimum absolute atomic E-state index is 0.167. The SMILES string of the molecule is Cc1ccccc1NC(=O)c1ccc(N2CCN(c3ccc(F)cc3)CC2)nc1. The molecule has 1 aromatic heterocycles. The zero-order chi connectivity index (χ0) is 20.2. The molecule has 1 fully saturated rings. The second-order valence-corrected chi connectivity index (χ2v) is 7.12. The highest BCUT2D eigenvalue weighted by atomic mass is 19.1. The standard InChI is InChI=1S/C23H23FN4O/c1-17-4-2-3-5-21(17)26-23(29)18-6-11-22(25-16-18)28-14-12-27(13-15-28)20-9-7-19(24)8-10-20/h2-11,16H,12-15H2,1H3,(H,26,29). The van der Waals surface area contributed by atoms with Gasteiger partial charge in [-0.15, -0.1) is 0 Å². The van der Waals surface area contributed by atoms with Crippen molar-refractivity contribution in [1.29, 1.82) is 0 Å². The van der Waals surface area contributed by atoms with Crippen LogP contribution in [0.1, 0.15) is 15.9 Å². The number of nitrogens with zero attached hydrogens (tertiary/aromatic N) is 3. The number of para-hydroxylation sites is 1. The molecule has 1 saturated heterocycles. The number of pyridine rings is 1. The predicted molar refractivity (Wildman–Crippen MR) is 114 cm³/mol. The topological polar surface area (TPSA) is 48.5 Å². The van der Waals surface area contributed by atoms with Gasteiger partial charge in [0, 0.05) is 43.8 Å². The van der Waals surface area contributed by atoms with Crippen LogP contribution in [0.3, 0.4) is 0 Å². The number of aryl methyl sites for hydroxylation is 1. The van der Waals surface area contributed by atoms with E-state index in [1.165, 1.54) is 12.1 Å². The summed E-state index contributed by atoms with van der Waals surface area (Å²) in [7, 11) is 0. The number of hydrogen-bond acceptors (Lipinski definition) is 4. The second-order valence-electron chi connectivity index (χ2n) is 7.12. The van der Waals surface area contributed by atoms with Crippen LogP contribution in [-0.4, -0.2) is 37.1 Å². The molecule has 29 heavy (non-hydrogen) atoms. The first-order valence-corrected chi connectivity index (χ1v) is 9.69. The lowest BCUT2D eigenvalue weighted by molar-refractivity contribution is 0.102. The third-order valence-corrected chi connectivity index (χ3v) is 5.20. The quantitative estimate of drug-likeness (QED) is 0.728. The molecule has 1 amide bonds. The first kappa shape index (κ1) is 18.9. The molecular formula is C23H23FN4O. The molecule has 0 spiro atoms. The molecule has 2 aromatic carbocycles. The molecule has 0 atom stereocenters. The highest BCUT2D eigenvalue weighted by Gasteiger charge is 2.19. The first-order chi connectivity index (χ1) is 14.1. The molecule has 1 N–H and O–H groups in total. The zero-order valence-corrected chi connectivity index (χ0v) is 16.3. The van der Waals surface area contributed by atoms with Crippen LogP contribution in [0, 0.1) is 12.7 Å². The molecule has 148 valence electrons. The van der Waals surface area contributed by atoms with Crippen molar-refractivity contribution < 1.29 is 9.18 Å². The lowest BCUT2D eigenvalue weighted by atomic mass is 10.2. The van der Waals surface area contributed by atoms with Crippen molar-refractivity contribution in [1.82, 2.24) is 4.98 Å². The fourth-order valence-electron chi connectivity index (χ4n) is 3.46. The fourth-order valence-corrected chi connectivity index (χ4v) is 3.46. The van der Waals surface area contributed by atoms with Gasteiger partial charge in [-0.25, -0.2) is 9.37 Å². The van der Waals surface area contributed by atoms with Gasteiger partial charge in [-0.2, -0.15) is 0 Å². The molecule has 4 rings (SSSR count). The van der Waals surface area contributed by atoms with Gasteiger partial charge in [0.1, 0.15) is 11.6 Å². The molecule has 0 saturated carbocycles. The van der Waals surface area contributed by atoms with Crippen LogP contribution < -0.4 is 15.1 Å². The molecule has 0 unspecified atom stereocenters. The summed E-state index contributed by atoms with van der Waals surface area (Å²) < 4.78 is 13.1. The number of carbonyl (C=O) groups excluding carboxylic acids is 1. The summed E-state index contributed by atoms with van der Waals surface area (Å²) in [6.07, 6.45) is 1.62. The van der Waals surface area contributed by atoms with Gasteiger partial charge < -0.3 is 15.1 Å². The van der Waals surface area contributed by atoms with E-state index in [0.717, 1.165) is 48.9 Å². The molecule has 3 aromatic rings. The number of anilines is 3. The molecule has 1 aliphatic rings. The summed E-state index contributed by atoms with van der Waals surface area (Å²) in [4.78, 5) is 21.4. The monoisotopic (exact) mass is 390 g/mol. The number of carbonyl (C=O) groups is 1. The van der Waals surface area contributed by atoms with E-state index in [9.17, 15) is 9.18 Å². The molecular weight excluding hydrogens is 367 g/mol. The highest BCUT2D eigenvalue weighted by Crippen LogP contribution is 2.20. The van der Waals surface area contributed by atoms with Crippen LogP contribution in [0.2, 0.25) is 0 Å². The number of aromatic nitrogens is 1. The smallest absolute Gasteiger partial charge is 0.257 e. The Morgan fingerprint density at radius 2 is 1.62 bits per heavy atom. The van der Waals surface area contributed by atoms with Crippen LogP contribution in [-0.2, 0) is 0 Å². The molecule has 2 heterocycles. The second kappa shape index (κ2) is 8.31. The van der Waals surface area contributed by atoms with Crippen LogP contribution in [0.15, 0.2) is 66.9 Å².